The Bertz CT molecular complexity index is 898. The lowest BCUT2D eigenvalue weighted by molar-refractivity contribution is 0.338. The topological polar surface area (TPSA) is 76.6 Å². The molecule has 3 aromatic rings. The second-order valence-corrected chi connectivity index (χ2v) is 5.40. The average molecular weight is 338 g/mol. The number of methoxy groups -OCH3 is 2. The summed E-state index contributed by atoms with van der Waals surface area (Å²) in [6.07, 6.45) is 0. The molecule has 128 valence electrons. The predicted octanol–water partition coefficient (Wildman–Crippen LogP) is 5.39. The van der Waals surface area contributed by atoms with Crippen LogP contribution in [0.25, 0.3) is 11.3 Å². The molecular formula is C19H18N2O4. The van der Waals surface area contributed by atoms with Crippen molar-refractivity contribution in [3.05, 3.63) is 54.1 Å². The van der Waals surface area contributed by atoms with Gasteiger partial charge in [-0.1, -0.05) is 17.7 Å². The van der Waals surface area contributed by atoms with Crippen LogP contribution >= 0.6 is 0 Å². The molecule has 0 atom stereocenters. The number of hydrogen-bond acceptors (Lipinski definition) is 6. The maximum atomic E-state index is 9.99. The van der Waals surface area contributed by atoms with Crippen molar-refractivity contribution in [1.82, 2.24) is 0 Å². The molecule has 6 heteroatoms. The molecule has 0 aliphatic carbocycles. The Hall–Kier alpha value is -3.28. The molecule has 0 radical (unpaired) electrons. The van der Waals surface area contributed by atoms with Crippen LogP contribution in [-0.4, -0.2) is 19.3 Å². The first-order valence-corrected chi connectivity index (χ1v) is 7.64. The van der Waals surface area contributed by atoms with Crippen molar-refractivity contribution in [2.24, 2.45) is 10.2 Å². The molecule has 0 unspecified atom stereocenters. The Kier molecular flexibility index (Phi) is 4.70. The van der Waals surface area contributed by atoms with E-state index >= 15 is 0 Å². The van der Waals surface area contributed by atoms with Crippen LogP contribution in [0.2, 0.25) is 0 Å². The fourth-order valence-electron chi connectivity index (χ4n) is 2.30. The van der Waals surface area contributed by atoms with Gasteiger partial charge >= 0.3 is 5.95 Å². The molecule has 1 N–H and O–H groups in total. The van der Waals surface area contributed by atoms with Crippen molar-refractivity contribution in [3.8, 4) is 28.8 Å². The highest BCUT2D eigenvalue weighted by Gasteiger charge is 2.16. The molecule has 0 spiro atoms. The summed E-state index contributed by atoms with van der Waals surface area (Å²) in [4.78, 5) is 0. The highest BCUT2D eigenvalue weighted by atomic mass is 16.5. The summed E-state index contributed by atoms with van der Waals surface area (Å²) in [6.45, 7) is 2.00. The largest absolute Gasteiger partial charge is 0.497 e. The minimum absolute atomic E-state index is 0.244. The maximum absolute atomic E-state index is 9.99. The number of nitrogens with zero attached hydrogens (tertiary/aromatic N) is 2. The SMILES string of the molecule is COc1ccc(-c2cc(N=Nc3ccc(C)cc3)c(O)o2)c(OC)c1. The zero-order valence-corrected chi connectivity index (χ0v) is 14.2. The van der Waals surface area contributed by atoms with E-state index in [0.29, 0.717) is 28.5 Å². The third-order valence-corrected chi connectivity index (χ3v) is 3.67. The second kappa shape index (κ2) is 7.09. The van der Waals surface area contributed by atoms with Crippen molar-refractivity contribution in [2.75, 3.05) is 14.2 Å². The van der Waals surface area contributed by atoms with Gasteiger partial charge in [-0.25, -0.2) is 0 Å². The Balaban J connectivity index is 1.91. The fraction of sp³-hybridized carbons (Fsp3) is 0.158. The first-order valence-electron chi connectivity index (χ1n) is 7.64. The molecule has 1 aromatic heterocycles. The van der Waals surface area contributed by atoms with E-state index < -0.39 is 0 Å². The van der Waals surface area contributed by atoms with E-state index in [1.54, 1.807) is 38.5 Å². The summed E-state index contributed by atoms with van der Waals surface area (Å²) in [5.41, 5.74) is 2.75. The number of benzene rings is 2. The molecule has 1 heterocycles. The van der Waals surface area contributed by atoms with E-state index in [2.05, 4.69) is 10.2 Å². The first-order chi connectivity index (χ1) is 12.1. The van der Waals surface area contributed by atoms with Crippen LogP contribution in [0.1, 0.15) is 5.56 Å². The summed E-state index contributed by atoms with van der Waals surface area (Å²) in [7, 11) is 3.13. The zero-order chi connectivity index (χ0) is 17.8. The molecule has 0 aliphatic rings. The van der Waals surface area contributed by atoms with Crippen molar-refractivity contribution in [2.45, 2.75) is 6.92 Å². The molecular weight excluding hydrogens is 320 g/mol. The minimum Gasteiger partial charge on any atom is -0.497 e. The van der Waals surface area contributed by atoms with Gasteiger partial charge in [0.15, 0.2) is 5.69 Å². The van der Waals surface area contributed by atoms with E-state index in [1.165, 1.54) is 0 Å². The lowest BCUT2D eigenvalue weighted by atomic mass is 10.1. The molecule has 0 bridgehead atoms. The number of azo groups is 1. The molecule has 3 rings (SSSR count). The number of aromatic hydroxyl groups is 1. The molecule has 0 saturated carbocycles. The molecule has 6 nitrogen and oxygen atoms in total. The third kappa shape index (κ3) is 3.63. The normalized spacial score (nSPS) is 11.0. The van der Waals surface area contributed by atoms with E-state index in [9.17, 15) is 5.11 Å². The summed E-state index contributed by atoms with van der Waals surface area (Å²) < 4.78 is 15.9. The Morgan fingerprint density at radius 2 is 1.68 bits per heavy atom. The number of hydrogen-bond donors (Lipinski definition) is 1. The molecule has 0 fully saturated rings. The van der Waals surface area contributed by atoms with Crippen molar-refractivity contribution < 1.29 is 19.0 Å². The predicted molar refractivity (Wildman–Crippen MR) is 94.3 cm³/mol. The van der Waals surface area contributed by atoms with Gasteiger partial charge in [-0.2, -0.15) is 5.11 Å². The molecule has 25 heavy (non-hydrogen) atoms. The number of aryl methyl sites for hydroxylation is 1. The molecule has 0 aliphatic heterocycles. The Morgan fingerprint density at radius 3 is 2.36 bits per heavy atom. The van der Waals surface area contributed by atoms with Gasteiger partial charge in [0, 0.05) is 12.1 Å². The average Bonchev–Trinajstić information content (AvgIpc) is 3.01. The van der Waals surface area contributed by atoms with Gasteiger partial charge in [0.25, 0.3) is 0 Å². The standard InChI is InChI=1S/C19H18N2O4/c1-12-4-6-13(7-5-12)20-21-16-11-18(25-19(16)22)15-9-8-14(23-2)10-17(15)24-3/h4-11,22H,1-3H3. The van der Waals surface area contributed by atoms with E-state index in [-0.39, 0.29) is 11.6 Å². The first kappa shape index (κ1) is 16.6. The van der Waals surface area contributed by atoms with Crippen LogP contribution < -0.4 is 9.47 Å². The van der Waals surface area contributed by atoms with Crippen LogP contribution in [0.4, 0.5) is 11.4 Å². The van der Waals surface area contributed by atoms with Gasteiger partial charge in [0.1, 0.15) is 17.3 Å². The number of ether oxygens (including phenoxy) is 2. The molecule has 0 amide bonds. The summed E-state index contributed by atoms with van der Waals surface area (Å²) >= 11 is 0. The van der Waals surface area contributed by atoms with Gasteiger partial charge in [-0.05, 0) is 31.2 Å². The van der Waals surface area contributed by atoms with Crippen LogP contribution in [-0.2, 0) is 0 Å². The monoisotopic (exact) mass is 338 g/mol. The fourth-order valence-corrected chi connectivity index (χ4v) is 2.30. The van der Waals surface area contributed by atoms with Crippen LogP contribution in [0.3, 0.4) is 0 Å². The van der Waals surface area contributed by atoms with Crippen molar-refractivity contribution >= 4 is 11.4 Å². The highest BCUT2D eigenvalue weighted by Crippen LogP contribution is 2.41. The Morgan fingerprint density at radius 1 is 0.920 bits per heavy atom. The highest BCUT2D eigenvalue weighted by molar-refractivity contribution is 5.71. The third-order valence-electron chi connectivity index (χ3n) is 3.67. The summed E-state index contributed by atoms with van der Waals surface area (Å²) in [6, 6.07) is 14.5. The zero-order valence-electron chi connectivity index (χ0n) is 14.2. The smallest absolute Gasteiger partial charge is 0.311 e. The second-order valence-electron chi connectivity index (χ2n) is 5.40. The summed E-state index contributed by atoms with van der Waals surface area (Å²) in [5.74, 6) is 1.35. The van der Waals surface area contributed by atoms with Gasteiger partial charge in [-0.3, -0.25) is 0 Å². The van der Waals surface area contributed by atoms with E-state index in [4.69, 9.17) is 13.9 Å². The lowest BCUT2D eigenvalue weighted by Gasteiger charge is -2.07. The Labute approximate surface area is 145 Å². The van der Waals surface area contributed by atoms with Gasteiger partial charge in [0.05, 0.1) is 25.5 Å². The molecule has 0 saturated heterocycles. The van der Waals surface area contributed by atoms with Gasteiger partial charge in [-0.15, -0.1) is 5.11 Å². The van der Waals surface area contributed by atoms with Crippen molar-refractivity contribution in [1.29, 1.82) is 0 Å². The van der Waals surface area contributed by atoms with E-state index in [1.807, 2.05) is 31.2 Å². The minimum atomic E-state index is -0.302. The number of furan rings is 1. The maximum Gasteiger partial charge on any atom is 0.311 e. The number of rotatable bonds is 5. The van der Waals surface area contributed by atoms with Crippen LogP contribution in [0.15, 0.2) is 63.2 Å². The van der Waals surface area contributed by atoms with E-state index in [0.717, 1.165) is 5.56 Å². The van der Waals surface area contributed by atoms with Crippen LogP contribution in [0.5, 0.6) is 17.4 Å². The van der Waals surface area contributed by atoms with Crippen LogP contribution in [0, 0.1) is 6.92 Å². The summed E-state index contributed by atoms with van der Waals surface area (Å²) in [5, 5.41) is 18.2. The van der Waals surface area contributed by atoms with Gasteiger partial charge < -0.3 is 19.0 Å². The lowest BCUT2D eigenvalue weighted by Crippen LogP contribution is -1.89. The quantitative estimate of drug-likeness (QED) is 0.632. The van der Waals surface area contributed by atoms with Gasteiger partial charge in [0.2, 0.25) is 0 Å². The molecule has 2 aromatic carbocycles. The van der Waals surface area contributed by atoms with Crippen molar-refractivity contribution in [3.63, 3.8) is 0 Å².